The maximum Gasteiger partial charge on any atom is 0.230 e. The first kappa shape index (κ1) is 16.3. The summed E-state index contributed by atoms with van der Waals surface area (Å²) >= 11 is 1.33. The lowest BCUT2D eigenvalue weighted by Gasteiger charge is -2.05. The molecule has 0 aliphatic carbocycles. The molecule has 6 heteroatoms. The van der Waals surface area contributed by atoms with Crippen molar-refractivity contribution in [3.8, 4) is 5.69 Å². The molecule has 0 atom stereocenters. The molecule has 122 valence electrons. The molecule has 0 fully saturated rings. The maximum atomic E-state index is 12.0. The molecule has 1 amide bonds. The van der Waals surface area contributed by atoms with Crippen LogP contribution in [0.1, 0.15) is 11.1 Å². The highest BCUT2D eigenvalue weighted by Crippen LogP contribution is 2.14. The third-order valence-electron chi connectivity index (χ3n) is 3.40. The summed E-state index contributed by atoms with van der Waals surface area (Å²) in [4.78, 5) is 16.2. The van der Waals surface area contributed by atoms with Gasteiger partial charge in [0.05, 0.1) is 11.4 Å². The maximum absolute atomic E-state index is 12.0. The van der Waals surface area contributed by atoms with Gasteiger partial charge in [-0.05, 0) is 24.6 Å². The van der Waals surface area contributed by atoms with Gasteiger partial charge in [-0.15, -0.1) is 5.10 Å². The number of thioether (sulfide) groups is 1. The molecular formula is C18H18N4OS. The second kappa shape index (κ2) is 7.79. The van der Waals surface area contributed by atoms with E-state index in [4.69, 9.17) is 0 Å². The van der Waals surface area contributed by atoms with Crippen molar-refractivity contribution in [3.63, 3.8) is 0 Å². The van der Waals surface area contributed by atoms with Gasteiger partial charge in [-0.3, -0.25) is 4.79 Å². The predicted molar refractivity (Wildman–Crippen MR) is 95.1 cm³/mol. The number of benzene rings is 2. The fourth-order valence-corrected chi connectivity index (χ4v) is 2.85. The average molecular weight is 338 g/mol. The number of carbonyl (C=O) groups is 1. The van der Waals surface area contributed by atoms with Crippen LogP contribution in [0.25, 0.3) is 5.69 Å². The fraction of sp³-hybridized carbons (Fsp3) is 0.167. The quantitative estimate of drug-likeness (QED) is 0.702. The largest absolute Gasteiger partial charge is 0.351 e. The first-order chi connectivity index (χ1) is 11.7. The van der Waals surface area contributed by atoms with E-state index in [1.54, 1.807) is 11.0 Å². The molecule has 3 rings (SSSR count). The van der Waals surface area contributed by atoms with Crippen LogP contribution in [-0.4, -0.2) is 26.4 Å². The molecule has 0 aliphatic heterocycles. The van der Waals surface area contributed by atoms with E-state index < -0.39 is 0 Å². The minimum atomic E-state index is -0.0300. The molecule has 0 bridgehead atoms. The van der Waals surface area contributed by atoms with Gasteiger partial charge < -0.3 is 5.32 Å². The molecule has 0 saturated carbocycles. The lowest BCUT2D eigenvalue weighted by Crippen LogP contribution is -2.24. The van der Waals surface area contributed by atoms with Crippen LogP contribution >= 0.6 is 11.8 Å². The monoisotopic (exact) mass is 338 g/mol. The van der Waals surface area contributed by atoms with E-state index in [0.29, 0.717) is 17.5 Å². The van der Waals surface area contributed by atoms with E-state index in [0.717, 1.165) is 11.3 Å². The van der Waals surface area contributed by atoms with E-state index in [9.17, 15) is 4.79 Å². The van der Waals surface area contributed by atoms with Crippen LogP contribution in [0.5, 0.6) is 0 Å². The molecule has 5 nitrogen and oxygen atoms in total. The van der Waals surface area contributed by atoms with Gasteiger partial charge in [0.2, 0.25) is 11.1 Å². The first-order valence-corrected chi connectivity index (χ1v) is 8.61. The van der Waals surface area contributed by atoms with E-state index in [1.165, 1.54) is 17.3 Å². The van der Waals surface area contributed by atoms with Gasteiger partial charge in [0.1, 0.15) is 6.33 Å². The number of amides is 1. The smallest absolute Gasteiger partial charge is 0.230 e. The average Bonchev–Trinajstić information content (AvgIpc) is 3.08. The Morgan fingerprint density at radius 3 is 2.79 bits per heavy atom. The Morgan fingerprint density at radius 1 is 1.17 bits per heavy atom. The number of hydrogen-bond donors (Lipinski definition) is 1. The lowest BCUT2D eigenvalue weighted by atomic mass is 10.1. The van der Waals surface area contributed by atoms with Gasteiger partial charge in [0, 0.05) is 6.54 Å². The molecule has 0 radical (unpaired) electrons. The van der Waals surface area contributed by atoms with Crippen molar-refractivity contribution >= 4 is 17.7 Å². The van der Waals surface area contributed by atoms with Crippen molar-refractivity contribution in [2.24, 2.45) is 0 Å². The molecule has 1 aromatic heterocycles. The van der Waals surface area contributed by atoms with Crippen molar-refractivity contribution in [1.82, 2.24) is 20.1 Å². The number of carbonyl (C=O) groups excluding carboxylic acids is 1. The van der Waals surface area contributed by atoms with Crippen LogP contribution < -0.4 is 5.32 Å². The minimum Gasteiger partial charge on any atom is -0.351 e. The first-order valence-electron chi connectivity index (χ1n) is 7.63. The normalized spacial score (nSPS) is 10.5. The fourth-order valence-electron chi connectivity index (χ4n) is 2.22. The summed E-state index contributed by atoms with van der Waals surface area (Å²) in [7, 11) is 0. The highest BCUT2D eigenvalue weighted by atomic mass is 32.2. The number of hydrogen-bond acceptors (Lipinski definition) is 4. The van der Waals surface area contributed by atoms with Crippen LogP contribution in [-0.2, 0) is 11.3 Å². The zero-order valence-electron chi connectivity index (χ0n) is 13.3. The molecule has 2 aromatic carbocycles. The summed E-state index contributed by atoms with van der Waals surface area (Å²) in [6.45, 7) is 2.57. The van der Waals surface area contributed by atoms with Gasteiger partial charge in [0.25, 0.3) is 0 Å². The van der Waals surface area contributed by atoms with E-state index in [2.05, 4.69) is 21.5 Å². The molecule has 24 heavy (non-hydrogen) atoms. The second-order valence-corrected chi connectivity index (χ2v) is 6.30. The summed E-state index contributed by atoms with van der Waals surface area (Å²) in [6.07, 6.45) is 1.66. The lowest BCUT2D eigenvalue weighted by molar-refractivity contribution is -0.118. The van der Waals surface area contributed by atoms with E-state index >= 15 is 0 Å². The van der Waals surface area contributed by atoms with Crippen LogP contribution in [0.4, 0.5) is 0 Å². The van der Waals surface area contributed by atoms with E-state index in [-0.39, 0.29) is 5.91 Å². The van der Waals surface area contributed by atoms with Crippen molar-refractivity contribution in [2.45, 2.75) is 18.6 Å². The Kier molecular flexibility index (Phi) is 5.28. The summed E-state index contributed by atoms with van der Waals surface area (Å²) in [6, 6.07) is 17.9. The predicted octanol–water partition coefficient (Wildman–Crippen LogP) is 2.98. The minimum absolute atomic E-state index is 0.0300. The number of para-hydroxylation sites is 1. The standard InChI is InChI=1S/C18H18N4OS/c1-14-6-5-7-15(10-14)11-19-17(23)12-24-18-20-13-22(21-18)16-8-3-2-4-9-16/h2-10,13H,11-12H2,1H3,(H,19,23). The van der Waals surface area contributed by atoms with Gasteiger partial charge in [0.15, 0.2) is 0 Å². The Labute approximate surface area is 145 Å². The number of rotatable bonds is 6. The number of aryl methyl sites for hydroxylation is 1. The van der Waals surface area contributed by atoms with Crippen molar-refractivity contribution in [1.29, 1.82) is 0 Å². The second-order valence-electron chi connectivity index (χ2n) is 5.36. The van der Waals surface area contributed by atoms with Crippen molar-refractivity contribution in [3.05, 3.63) is 72.1 Å². The zero-order valence-corrected chi connectivity index (χ0v) is 14.2. The number of nitrogens with one attached hydrogen (secondary N) is 1. The highest BCUT2D eigenvalue weighted by molar-refractivity contribution is 7.99. The summed E-state index contributed by atoms with van der Waals surface area (Å²) in [5.74, 6) is 0.266. The number of aromatic nitrogens is 3. The SMILES string of the molecule is Cc1cccc(CNC(=O)CSc2ncn(-c3ccccc3)n2)c1. The van der Waals surface area contributed by atoms with Gasteiger partial charge in [-0.1, -0.05) is 59.8 Å². The molecular weight excluding hydrogens is 320 g/mol. The van der Waals surface area contributed by atoms with Crippen molar-refractivity contribution in [2.75, 3.05) is 5.75 Å². The Balaban J connectivity index is 1.49. The summed E-state index contributed by atoms with van der Waals surface area (Å²) < 4.78 is 1.70. The van der Waals surface area contributed by atoms with Crippen LogP contribution in [0.3, 0.4) is 0 Å². The zero-order chi connectivity index (χ0) is 16.8. The van der Waals surface area contributed by atoms with E-state index in [1.807, 2.05) is 55.5 Å². The third kappa shape index (κ3) is 4.45. The Bertz CT molecular complexity index is 817. The van der Waals surface area contributed by atoms with Crippen LogP contribution in [0, 0.1) is 6.92 Å². The summed E-state index contributed by atoms with van der Waals surface area (Å²) in [5.41, 5.74) is 3.23. The molecule has 0 aliphatic rings. The van der Waals surface area contributed by atoms with Crippen molar-refractivity contribution < 1.29 is 4.79 Å². The molecule has 1 N–H and O–H groups in total. The van der Waals surface area contributed by atoms with Crippen LogP contribution in [0.2, 0.25) is 0 Å². The Morgan fingerprint density at radius 2 is 2.00 bits per heavy atom. The third-order valence-corrected chi connectivity index (χ3v) is 4.25. The highest BCUT2D eigenvalue weighted by Gasteiger charge is 2.07. The molecule has 0 unspecified atom stereocenters. The van der Waals surface area contributed by atoms with Gasteiger partial charge >= 0.3 is 0 Å². The van der Waals surface area contributed by atoms with Gasteiger partial charge in [-0.2, -0.15) is 0 Å². The molecule has 0 saturated heterocycles. The summed E-state index contributed by atoms with van der Waals surface area (Å²) in [5, 5.41) is 7.87. The topological polar surface area (TPSA) is 59.8 Å². The molecule has 1 heterocycles. The Hall–Kier alpha value is -2.60. The van der Waals surface area contributed by atoms with Crippen LogP contribution in [0.15, 0.2) is 66.1 Å². The molecule has 3 aromatic rings. The molecule has 0 spiro atoms. The number of nitrogens with zero attached hydrogens (tertiary/aromatic N) is 3. The van der Waals surface area contributed by atoms with Gasteiger partial charge in [-0.25, -0.2) is 9.67 Å².